The first-order valence-electron chi connectivity index (χ1n) is 6.00. The summed E-state index contributed by atoms with van der Waals surface area (Å²) < 4.78 is 18.9. The van der Waals surface area contributed by atoms with Gasteiger partial charge in [-0.05, 0) is 31.5 Å². The van der Waals surface area contributed by atoms with Crippen LogP contribution in [0.4, 0.5) is 4.39 Å². The highest BCUT2D eigenvalue weighted by Crippen LogP contribution is 2.24. The van der Waals surface area contributed by atoms with Gasteiger partial charge in [-0.1, -0.05) is 6.07 Å². The Labute approximate surface area is 114 Å². The SMILES string of the molecule is COc1cccc(F)c1CN1CCC[C@@H](N)C1.Cl. The van der Waals surface area contributed by atoms with Gasteiger partial charge in [0.05, 0.1) is 7.11 Å². The van der Waals surface area contributed by atoms with Gasteiger partial charge in [0.25, 0.3) is 0 Å². The van der Waals surface area contributed by atoms with Crippen LogP contribution in [0.3, 0.4) is 0 Å². The van der Waals surface area contributed by atoms with Crippen molar-refractivity contribution in [3.63, 3.8) is 0 Å². The average Bonchev–Trinajstić information content (AvgIpc) is 2.32. The van der Waals surface area contributed by atoms with Crippen molar-refractivity contribution in [2.24, 2.45) is 5.73 Å². The summed E-state index contributed by atoms with van der Waals surface area (Å²) in [5.74, 6) is 0.410. The summed E-state index contributed by atoms with van der Waals surface area (Å²) in [7, 11) is 1.57. The zero-order chi connectivity index (χ0) is 12.3. The van der Waals surface area contributed by atoms with E-state index in [1.165, 1.54) is 6.07 Å². The van der Waals surface area contributed by atoms with Crippen molar-refractivity contribution < 1.29 is 9.13 Å². The van der Waals surface area contributed by atoms with Crippen molar-refractivity contribution in [1.82, 2.24) is 4.90 Å². The van der Waals surface area contributed by atoms with Crippen molar-refractivity contribution in [3.05, 3.63) is 29.6 Å². The van der Waals surface area contributed by atoms with E-state index >= 15 is 0 Å². The topological polar surface area (TPSA) is 38.5 Å². The van der Waals surface area contributed by atoms with Crippen LogP contribution in [0.2, 0.25) is 0 Å². The van der Waals surface area contributed by atoms with Gasteiger partial charge in [0.15, 0.2) is 0 Å². The highest BCUT2D eigenvalue weighted by molar-refractivity contribution is 5.85. The molecule has 0 aromatic heterocycles. The second-order valence-electron chi connectivity index (χ2n) is 4.56. The molecular formula is C13H20ClFN2O. The molecule has 2 rings (SSSR count). The first kappa shape index (κ1) is 15.2. The maximum absolute atomic E-state index is 13.8. The Hall–Kier alpha value is -0.840. The molecule has 0 unspecified atom stereocenters. The average molecular weight is 275 g/mol. The molecule has 0 spiro atoms. The van der Waals surface area contributed by atoms with Gasteiger partial charge in [-0.15, -0.1) is 12.4 Å². The molecule has 1 fully saturated rings. The Morgan fingerprint density at radius 2 is 2.28 bits per heavy atom. The minimum atomic E-state index is -0.205. The molecule has 18 heavy (non-hydrogen) atoms. The molecule has 0 radical (unpaired) electrons. The van der Waals surface area contributed by atoms with E-state index in [1.54, 1.807) is 19.2 Å². The Kier molecular flexibility index (Phi) is 5.85. The van der Waals surface area contributed by atoms with E-state index in [-0.39, 0.29) is 24.3 Å². The summed E-state index contributed by atoms with van der Waals surface area (Å²) in [5.41, 5.74) is 6.55. The number of rotatable bonds is 3. The van der Waals surface area contributed by atoms with Crippen molar-refractivity contribution in [2.75, 3.05) is 20.2 Å². The van der Waals surface area contributed by atoms with Crippen LogP contribution in [-0.4, -0.2) is 31.1 Å². The first-order chi connectivity index (χ1) is 8.20. The minimum absolute atomic E-state index is 0. The lowest BCUT2D eigenvalue weighted by Crippen LogP contribution is -2.42. The van der Waals surface area contributed by atoms with Crippen LogP contribution in [0.25, 0.3) is 0 Å². The van der Waals surface area contributed by atoms with Crippen LogP contribution >= 0.6 is 12.4 Å². The number of benzene rings is 1. The molecule has 1 aromatic carbocycles. The van der Waals surface area contributed by atoms with Gasteiger partial charge in [0.1, 0.15) is 11.6 Å². The number of methoxy groups -OCH3 is 1. The van der Waals surface area contributed by atoms with Crippen LogP contribution in [0.1, 0.15) is 18.4 Å². The predicted octanol–water partition coefficient (Wildman–Crippen LogP) is 2.18. The maximum Gasteiger partial charge on any atom is 0.131 e. The highest BCUT2D eigenvalue weighted by Gasteiger charge is 2.19. The zero-order valence-corrected chi connectivity index (χ0v) is 11.4. The quantitative estimate of drug-likeness (QED) is 0.918. The summed E-state index contributed by atoms with van der Waals surface area (Å²) in [5, 5.41) is 0. The minimum Gasteiger partial charge on any atom is -0.496 e. The van der Waals surface area contributed by atoms with Crippen LogP contribution in [0.5, 0.6) is 5.75 Å². The molecule has 1 atom stereocenters. The molecule has 102 valence electrons. The summed E-state index contributed by atoms with van der Waals surface area (Å²) in [6.07, 6.45) is 2.14. The fourth-order valence-electron chi connectivity index (χ4n) is 2.34. The van der Waals surface area contributed by atoms with Crippen LogP contribution < -0.4 is 10.5 Å². The van der Waals surface area contributed by atoms with Crippen molar-refractivity contribution in [2.45, 2.75) is 25.4 Å². The first-order valence-corrected chi connectivity index (χ1v) is 6.00. The summed E-state index contributed by atoms with van der Waals surface area (Å²) in [6, 6.07) is 5.14. The molecular weight excluding hydrogens is 255 g/mol. The Balaban J connectivity index is 0.00000162. The lowest BCUT2D eigenvalue weighted by atomic mass is 10.1. The molecule has 1 aliphatic rings. The normalized spacial score (nSPS) is 20.3. The van der Waals surface area contributed by atoms with Gasteiger partial charge in [0, 0.05) is 24.7 Å². The van der Waals surface area contributed by atoms with E-state index in [0.717, 1.165) is 25.9 Å². The fraction of sp³-hybridized carbons (Fsp3) is 0.538. The van der Waals surface area contributed by atoms with Gasteiger partial charge in [-0.2, -0.15) is 0 Å². The summed E-state index contributed by atoms with van der Waals surface area (Å²) in [4.78, 5) is 2.19. The van der Waals surface area contributed by atoms with Gasteiger partial charge in [-0.3, -0.25) is 4.90 Å². The molecule has 0 amide bonds. The van der Waals surface area contributed by atoms with E-state index in [1.807, 2.05) is 0 Å². The van der Waals surface area contributed by atoms with E-state index < -0.39 is 0 Å². The smallest absolute Gasteiger partial charge is 0.131 e. The van der Waals surface area contributed by atoms with E-state index in [0.29, 0.717) is 17.9 Å². The summed E-state index contributed by atoms with van der Waals surface area (Å²) in [6.45, 7) is 2.38. The number of likely N-dealkylation sites (tertiary alicyclic amines) is 1. The monoisotopic (exact) mass is 274 g/mol. The fourth-order valence-corrected chi connectivity index (χ4v) is 2.34. The molecule has 0 aliphatic carbocycles. The maximum atomic E-state index is 13.8. The number of hydrogen-bond donors (Lipinski definition) is 1. The van der Waals surface area contributed by atoms with Gasteiger partial charge < -0.3 is 10.5 Å². The third-order valence-corrected chi connectivity index (χ3v) is 3.22. The van der Waals surface area contributed by atoms with Crippen LogP contribution in [-0.2, 0) is 6.54 Å². The molecule has 1 saturated heterocycles. The van der Waals surface area contributed by atoms with Crippen molar-refractivity contribution >= 4 is 12.4 Å². The lowest BCUT2D eigenvalue weighted by Gasteiger charge is -2.31. The molecule has 0 saturated carbocycles. The molecule has 5 heteroatoms. The number of ether oxygens (including phenoxy) is 1. The standard InChI is InChI=1S/C13H19FN2O.ClH/c1-17-13-6-2-5-12(14)11(13)9-16-7-3-4-10(15)8-16;/h2,5-6,10H,3-4,7-9,15H2,1H3;1H/t10-;/m1./s1. The second kappa shape index (κ2) is 6.92. The van der Waals surface area contributed by atoms with E-state index in [9.17, 15) is 4.39 Å². The van der Waals surface area contributed by atoms with E-state index in [2.05, 4.69) is 4.90 Å². The van der Waals surface area contributed by atoms with Crippen molar-refractivity contribution in [1.29, 1.82) is 0 Å². The Bertz CT molecular complexity index is 389. The van der Waals surface area contributed by atoms with Crippen LogP contribution in [0, 0.1) is 5.82 Å². The number of nitrogens with zero attached hydrogens (tertiary/aromatic N) is 1. The number of halogens is 2. The number of piperidine rings is 1. The molecule has 1 aromatic rings. The summed E-state index contributed by atoms with van der Waals surface area (Å²) >= 11 is 0. The second-order valence-corrected chi connectivity index (χ2v) is 4.56. The molecule has 3 nitrogen and oxygen atoms in total. The number of hydrogen-bond acceptors (Lipinski definition) is 3. The molecule has 1 aliphatic heterocycles. The molecule has 2 N–H and O–H groups in total. The lowest BCUT2D eigenvalue weighted by molar-refractivity contribution is 0.197. The third-order valence-electron chi connectivity index (χ3n) is 3.22. The van der Waals surface area contributed by atoms with Gasteiger partial charge in [-0.25, -0.2) is 4.39 Å². The van der Waals surface area contributed by atoms with Crippen LogP contribution in [0.15, 0.2) is 18.2 Å². The van der Waals surface area contributed by atoms with Crippen molar-refractivity contribution in [3.8, 4) is 5.75 Å². The molecule has 0 bridgehead atoms. The predicted molar refractivity (Wildman–Crippen MR) is 72.7 cm³/mol. The van der Waals surface area contributed by atoms with E-state index in [4.69, 9.17) is 10.5 Å². The Morgan fingerprint density at radius 3 is 2.94 bits per heavy atom. The Morgan fingerprint density at radius 1 is 1.50 bits per heavy atom. The highest BCUT2D eigenvalue weighted by atomic mass is 35.5. The number of nitrogens with two attached hydrogens (primary N) is 1. The van der Waals surface area contributed by atoms with Gasteiger partial charge >= 0.3 is 0 Å². The molecule has 1 heterocycles. The van der Waals surface area contributed by atoms with Gasteiger partial charge in [0.2, 0.25) is 0 Å². The third kappa shape index (κ3) is 3.57. The zero-order valence-electron chi connectivity index (χ0n) is 10.6. The largest absolute Gasteiger partial charge is 0.496 e.